The van der Waals surface area contributed by atoms with E-state index in [9.17, 15) is 14.9 Å². The lowest BCUT2D eigenvalue weighted by molar-refractivity contribution is -0.383. The Morgan fingerprint density at radius 2 is 2.07 bits per heavy atom. The average Bonchev–Trinajstić information content (AvgIpc) is 2.69. The summed E-state index contributed by atoms with van der Waals surface area (Å²) in [5.74, 6) is -0.145. The number of nitrogens with zero attached hydrogens (tertiary/aromatic N) is 2. The number of nitro benzene ring substituents is 1. The van der Waals surface area contributed by atoms with Gasteiger partial charge in [-0.1, -0.05) is 23.8 Å². The number of nitrogens with one attached hydrogen (secondary N) is 1. The molecule has 29 heavy (non-hydrogen) atoms. The molecule has 1 fully saturated rings. The predicted molar refractivity (Wildman–Crippen MR) is 115 cm³/mol. The maximum Gasteiger partial charge on any atom is 0.293 e. The number of hydrogen-bond acceptors (Lipinski definition) is 6. The monoisotopic (exact) mass is 422 g/mol. The Bertz CT molecular complexity index is 817. The molecular weight excluding hydrogens is 396 g/mol. The van der Waals surface area contributed by atoms with Gasteiger partial charge in [0, 0.05) is 37.8 Å². The fourth-order valence-corrected chi connectivity index (χ4v) is 3.65. The number of nitrogen functional groups attached to an aromatic ring is 1. The second-order valence-corrected chi connectivity index (χ2v) is 7.17. The predicted octanol–water partition coefficient (Wildman–Crippen LogP) is 3.08. The van der Waals surface area contributed by atoms with Gasteiger partial charge in [-0.2, -0.15) is 0 Å². The Morgan fingerprint density at radius 1 is 1.34 bits per heavy atom. The molecule has 1 heterocycles. The third-order valence-electron chi connectivity index (χ3n) is 5.23. The van der Waals surface area contributed by atoms with Crippen LogP contribution in [0.3, 0.4) is 0 Å². The summed E-state index contributed by atoms with van der Waals surface area (Å²) < 4.78 is 5.19. The molecular formula is C20H27ClN4O4. The van der Waals surface area contributed by atoms with E-state index in [1.54, 1.807) is 0 Å². The lowest BCUT2D eigenvalue weighted by Gasteiger charge is -2.33. The van der Waals surface area contributed by atoms with Crippen LogP contribution < -0.4 is 15.8 Å². The van der Waals surface area contributed by atoms with E-state index in [1.165, 1.54) is 24.8 Å². The van der Waals surface area contributed by atoms with Crippen LogP contribution in [0.4, 0.5) is 11.4 Å². The van der Waals surface area contributed by atoms with E-state index in [4.69, 9.17) is 10.5 Å². The first-order valence-electron chi connectivity index (χ1n) is 9.46. The third kappa shape index (κ3) is 5.71. The number of halogens is 1. The van der Waals surface area contributed by atoms with Crippen LogP contribution in [-0.2, 0) is 0 Å². The van der Waals surface area contributed by atoms with Crippen molar-refractivity contribution in [3.63, 3.8) is 0 Å². The largest absolute Gasteiger partial charge is 0.496 e. The molecule has 0 radical (unpaired) electrons. The fourth-order valence-electron chi connectivity index (χ4n) is 3.65. The van der Waals surface area contributed by atoms with Crippen molar-refractivity contribution in [2.75, 3.05) is 32.5 Å². The lowest BCUT2D eigenvalue weighted by atomic mass is 10.0. The first kappa shape index (κ1) is 22.7. The molecule has 1 amide bonds. The van der Waals surface area contributed by atoms with E-state index < -0.39 is 4.92 Å². The van der Waals surface area contributed by atoms with Crippen molar-refractivity contribution in [1.29, 1.82) is 0 Å². The Morgan fingerprint density at radius 3 is 2.66 bits per heavy atom. The molecule has 9 heteroatoms. The summed E-state index contributed by atoms with van der Waals surface area (Å²) in [6.07, 6.45) is 10.4. The molecule has 1 aromatic rings. The first-order valence-corrected chi connectivity index (χ1v) is 9.46. The molecule has 3 rings (SSSR count). The molecule has 2 aliphatic rings. The van der Waals surface area contributed by atoms with Gasteiger partial charge in [0.2, 0.25) is 0 Å². The van der Waals surface area contributed by atoms with Gasteiger partial charge in [-0.05, 0) is 25.7 Å². The average molecular weight is 423 g/mol. The number of amides is 1. The number of allylic oxidation sites excluding steroid dienone is 3. The van der Waals surface area contributed by atoms with Crippen molar-refractivity contribution >= 4 is 29.7 Å². The van der Waals surface area contributed by atoms with Gasteiger partial charge in [0.25, 0.3) is 11.6 Å². The number of rotatable bonds is 6. The van der Waals surface area contributed by atoms with Gasteiger partial charge in [0.1, 0.15) is 11.4 Å². The molecule has 0 saturated carbocycles. The van der Waals surface area contributed by atoms with Crippen LogP contribution in [0.15, 0.2) is 35.9 Å². The molecule has 0 bridgehead atoms. The van der Waals surface area contributed by atoms with Crippen molar-refractivity contribution in [3.8, 4) is 5.75 Å². The molecule has 8 nitrogen and oxygen atoms in total. The van der Waals surface area contributed by atoms with Gasteiger partial charge in [0.05, 0.1) is 17.6 Å². The van der Waals surface area contributed by atoms with Gasteiger partial charge in [0.15, 0.2) is 0 Å². The van der Waals surface area contributed by atoms with Crippen molar-refractivity contribution in [3.05, 3.63) is 51.6 Å². The van der Waals surface area contributed by atoms with E-state index >= 15 is 0 Å². The third-order valence-corrected chi connectivity index (χ3v) is 5.23. The van der Waals surface area contributed by atoms with Crippen LogP contribution in [0, 0.1) is 10.1 Å². The Labute approximate surface area is 176 Å². The summed E-state index contributed by atoms with van der Waals surface area (Å²) >= 11 is 0. The standard InChI is InChI=1S/C20H26N4O4.ClH/c1-28-19-12-17(21)18(24(26)27)11-16(19)20(25)22-15-7-9-23(10-8-15)13-14-5-3-2-4-6-14;/h2-3,6,11-12,15H,4-5,7-10,13,21H2,1H3,(H,22,25);1H. The molecule has 0 aromatic heterocycles. The number of nitro groups is 1. The first-order chi connectivity index (χ1) is 13.5. The van der Waals surface area contributed by atoms with Gasteiger partial charge < -0.3 is 15.8 Å². The highest BCUT2D eigenvalue weighted by Gasteiger charge is 2.25. The molecule has 1 aromatic carbocycles. The number of anilines is 1. The molecule has 0 unspecified atom stereocenters. The molecule has 1 aliphatic carbocycles. The lowest BCUT2D eigenvalue weighted by Crippen LogP contribution is -2.45. The molecule has 1 aliphatic heterocycles. The van der Waals surface area contributed by atoms with Gasteiger partial charge in [-0.25, -0.2) is 0 Å². The summed E-state index contributed by atoms with van der Waals surface area (Å²) in [4.78, 5) is 25.6. The summed E-state index contributed by atoms with van der Waals surface area (Å²) in [5.41, 5.74) is 6.93. The fraction of sp³-hybridized carbons (Fsp3) is 0.450. The second kappa shape index (κ2) is 10.3. The zero-order chi connectivity index (χ0) is 20.1. The van der Waals surface area contributed by atoms with E-state index in [2.05, 4.69) is 28.4 Å². The van der Waals surface area contributed by atoms with Gasteiger partial charge >= 0.3 is 0 Å². The Hall–Kier alpha value is -2.58. The number of carbonyl (C=O) groups excluding carboxylic acids is 1. The number of hydrogen-bond donors (Lipinski definition) is 2. The van der Waals surface area contributed by atoms with E-state index in [-0.39, 0.29) is 47.0 Å². The minimum Gasteiger partial charge on any atom is -0.496 e. The second-order valence-electron chi connectivity index (χ2n) is 7.17. The maximum absolute atomic E-state index is 12.7. The van der Waals surface area contributed by atoms with Gasteiger partial charge in [-0.3, -0.25) is 19.8 Å². The highest BCUT2D eigenvalue weighted by molar-refractivity contribution is 5.98. The molecule has 3 N–H and O–H groups in total. The minimum atomic E-state index is -0.598. The van der Waals surface area contributed by atoms with Crippen molar-refractivity contribution in [1.82, 2.24) is 10.2 Å². The maximum atomic E-state index is 12.7. The van der Waals surface area contributed by atoms with Crippen LogP contribution >= 0.6 is 12.4 Å². The van der Waals surface area contributed by atoms with Crippen molar-refractivity contribution < 1.29 is 14.5 Å². The molecule has 0 atom stereocenters. The van der Waals surface area contributed by atoms with E-state index in [1.807, 2.05) is 0 Å². The Kier molecular flexibility index (Phi) is 8.04. The number of methoxy groups -OCH3 is 1. The van der Waals surface area contributed by atoms with Crippen molar-refractivity contribution in [2.45, 2.75) is 31.7 Å². The van der Waals surface area contributed by atoms with E-state index in [0.717, 1.165) is 45.3 Å². The zero-order valence-corrected chi connectivity index (χ0v) is 17.2. The minimum absolute atomic E-state index is 0. The number of ether oxygens (including phenoxy) is 1. The number of nitrogens with two attached hydrogens (primary N) is 1. The number of carbonyl (C=O) groups is 1. The normalized spacial score (nSPS) is 17.2. The van der Waals surface area contributed by atoms with Crippen molar-refractivity contribution in [2.24, 2.45) is 0 Å². The molecule has 1 saturated heterocycles. The number of likely N-dealkylation sites (tertiary alicyclic amines) is 1. The van der Waals surface area contributed by atoms with Crippen LogP contribution in [0.1, 0.15) is 36.0 Å². The van der Waals surface area contributed by atoms with Crippen LogP contribution in [-0.4, -0.2) is 48.5 Å². The van der Waals surface area contributed by atoms with Crippen LogP contribution in [0.2, 0.25) is 0 Å². The highest BCUT2D eigenvalue weighted by atomic mass is 35.5. The van der Waals surface area contributed by atoms with Gasteiger partial charge in [-0.15, -0.1) is 12.4 Å². The summed E-state index contributed by atoms with van der Waals surface area (Å²) in [7, 11) is 1.41. The number of piperidine rings is 1. The Balaban J connectivity index is 0.00000300. The summed E-state index contributed by atoms with van der Waals surface area (Å²) in [6.45, 7) is 2.79. The summed E-state index contributed by atoms with van der Waals surface area (Å²) in [5, 5.41) is 14.1. The van der Waals surface area contributed by atoms with Crippen LogP contribution in [0.5, 0.6) is 5.75 Å². The highest BCUT2D eigenvalue weighted by Crippen LogP contribution is 2.30. The zero-order valence-electron chi connectivity index (χ0n) is 16.4. The SMILES string of the molecule is COc1cc(N)c([N+](=O)[O-])cc1C(=O)NC1CCN(CC2=CCC=CC2)CC1.Cl. The topological polar surface area (TPSA) is 111 Å². The van der Waals surface area contributed by atoms with Crippen LogP contribution in [0.25, 0.3) is 0 Å². The summed E-state index contributed by atoms with van der Waals surface area (Å²) in [6, 6.07) is 2.54. The van der Waals surface area contributed by atoms with E-state index in [0.29, 0.717) is 0 Å². The quantitative estimate of drug-likeness (QED) is 0.315. The molecule has 0 spiro atoms. The molecule has 158 valence electrons. The number of benzene rings is 1. The smallest absolute Gasteiger partial charge is 0.293 e.